The number of hydrogen-bond donors (Lipinski definition) is 2. The Morgan fingerprint density at radius 2 is 1.97 bits per heavy atom. The Hall–Kier alpha value is -1.91. The van der Waals surface area contributed by atoms with Gasteiger partial charge in [-0.1, -0.05) is 12.1 Å². The van der Waals surface area contributed by atoms with E-state index in [1.54, 1.807) is 7.11 Å². The molecule has 0 aliphatic carbocycles. The van der Waals surface area contributed by atoms with Gasteiger partial charge in [-0.05, 0) is 53.2 Å². The molecule has 0 saturated carbocycles. The quantitative estimate of drug-likeness (QED) is 0.308. The van der Waals surface area contributed by atoms with Crippen LogP contribution in [0.25, 0.3) is 0 Å². The number of para-hydroxylation sites is 2. The minimum Gasteiger partial charge on any atom is -0.493 e. The molecule has 9 heteroatoms. The Morgan fingerprint density at radius 3 is 2.58 bits per heavy atom. The second-order valence-corrected chi connectivity index (χ2v) is 8.35. The summed E-state index contributed by atoms with van der Waals surface area (Å²) in [5, 5.41) is 6.28. The molecule has 8 nitrogen and oxygen atoms in total. The summed E-state index contributed by atoms with van der Waals surface area (Å²) in [6.45, 7) is 12.4. The molecule has 31 heavy (non-hydrogen) atoms. The molecule has 1 aromatic rings. The molecule has 2 N–H and O–H groups in total. The number of nitrogens with one attached hydrogen (secondary N) is 2. The normalized spacial score (nSPS) is 17.4. The Kier molecular flexibility index (Phi) is 11.2. The molecular formula is C22H37IN4O4. The van der Waals surface area contributed by atoms with Gasteiger partial charge < -0.3 is 29.7 Å². The number of amides is 1. The van der Waals surface area contributed by atoms with Gasteiger partial charge in [-0.15, -0.1) is 24.0 Å². The number of likely N-dealkylation sites (tertiary alicyclic amines) is 1. The largest absolute Gasteiger partial charge is 0.493 e. The van der Waals surface area contributed by atoms with Gasteiger partial charge in [-0.2, -0.15) is 0 Å². The van der Waals surface area contributed by atoms with E-state index < -0.39 is 5.60 Å². The molecule has 176 valence electrons. The molecule has 0 bridgehead atoms. The third-order valence-corrected chi connectivity index (χ3v) is 4.44. The molecule has 0 spiro atoms. The van der Waals surface area contributed by atoms with Crippen LogP contribution in [0.5, 0.6) is 11.5 Å². The number of aliphatic imine (C=N–C) groups is 1. The van der Waals surface area contributed by atoms with E-state index in [1.165, 1.54) is 0 Å². The highest BCUT2D eigenvalue weighted by Gasteiger charge is 2.28. The van der Waals surface area contributed by atoms with Crippen LogP contribution in [0.1, 0.15) is 41.0 Å². The lowest BCUT2D eigenvalue weighted by Crippen LogP contribution is -2.44. The number of hydrogen-bond acceptors (Lipinski definition) is 5. The predicted octanol–water partition coefficient (Wildman–Crippen LogP) is 3.65. The molecule has 2 unspecified atom stereocenters. The van der Waals surface area contributed by atoms with Gasteiger partial charge in [0.15, 0.2) is 17.5 Å². The lowest BCUT2D eigenvalue weighted by molar-refractivity contribution is 0.0507. The molecule has 1 heterocycles. The highest BCUT2D eigenvalue weighted by atomic mass is 127. The van der Waals surface area contributed by atoms with Crippen molar-refractivity contribution < 1.29 is 19.0 Å². The summed E-state index contributed by atoms with van der Waals surface area (Å²) in [6.07, 6.45) is 0.347. The fraction of sp³-hybridized carbons (Fsp3) is 0.636. The number of nitrogens with zero attached hydrogens (tertiary/aromatic N) is 2. The minimum absolute atomic E-state index is 0. The van der Waals surface area contributed by atoms with E-state index in [0.717, 1.165) is 25.5 Å². The topological polar surface area (TPSA) is 84.4 Å². The maximum atomic E-state index is 12.0. The summed E-state index contributed by atoms with van der Waals surface area (Å²) in [5.41, 5.74) is -0.504. The van der Waals surface area contributed by atoms with Gasteiger partial charge in [0.2, 0.25) is 0 Å². The van der Waals surface area contributed by atoms with Gasteiger partial charge in [-0.25, -0.2) is 9.79 Å². The van der Waals surface area contributed by atoms with Gasteiger partial charge in [0.05, 0.1) is 19.7 Å². The van der Waals surface area contributed by atoms with E-state index in [2.05, 4.69) is 15.5 Å². The molecule has 2 rings (SSSR count). The van der Waals surface area contributed by atoms with Gasteiger partial charge >= 0.3 is 6.09 Å². The van der Waals surface area contributed by atoms with E-state index >= 15 is 0 Å². The highest BCUT2D eigenvalue weighted by molar-refractivity contribution is 14.0. The second kappa shape index (κ2) is 12.8. The van der Waals surface area contributed by atoms with E-state index in [4.69, 9.17) is 19.2 Å². The smallest absolute Gasteiger partial charge is 0.407 e. The molecule has 1 fully saturated rings. The average molecular weight is 548 g/mol. The third kappa shape index (κ3) is 9.40. The number of carbonyl (C=O) groups excluding carboxylic acids is 1. The van der Waals surface area contributed by atoms with Crippen LogP contribution in [-0.4, -0.2) is 68.0 Å². The van der Waals surface area contributed by atoms with Crippen LogP contribution in [0.3, 0.4) is 0 Å². The summed E-state index contributed by atoms with van der Waals surface area (Å²) < 4.78 is 16.7. The average Bonchev–Trinajstić information content (AvgIpc) is 3.12. The van der Waals surface area contributed by atoms with Crippen molar-refractivity contribution in [1.82, 2.24) is 15.5 Å². The maximum Gasteiger partial charge on any atom is 0.407 e. The van der Waals surface area contributed by atoms with Crippen LogP contribution >= 0.6 is 24.0 Å². The monoisotopic (exact) mass is 548 g/mol. The highest BCUT2D eigenvalue weighted by Crippen LogP contribution is 2.26. The molecule has 2 atom stereocenters. The Labute approximate surface area is 203 Å². The molecule has 1 saturated heterocycles. The SMILES string of the molecule is CCNC(=NCC(C)Oc1ccccc1OC)N1CCC(NC(=O)OC(C)(C)C)C1.I. The zero-order valence-electron chi connectivity index (χ0n) is 19.4. The Morgan fingerprint density at radius 1 is 1.29 bits per heavy atom. The van der Waals surface area contributed by atoms with Crippen molar-refractivity contribution in [2.24, 2.45) is 4.99 Å². The molecule has 1 aromatic carbocycles. The zero-order chi connectivity index (χ0) is 22.1. The fourth-order valence-electron chi connectivity index (χ4n) is 3.16. The summed E-state index contributed by atoms with van der Waals surface area (Å²) >= 11 is 0. The minimum atomic E-state index is -0.504. The van der Waals surface area contributed by atoms with Crippen LogP contribution in [0.2, 0.25) is 0 Å². The molecule has 0 aromatic heterocycles. The molecular weight excluding hydrogens is 511 g/mol. The summed E-state index contributed by atoms with van der Waals surface area (Å²) in [6, 6.07) is 7.62. The first-order valence-electron chi connectivity index (χ1n) is 10.5. The Bertz CT molecular complexity index is 724. The van der Waals surface area contributed by atoms with Crippen molar-refractivity contribution in [1.29, 1.82) is 0 Å². The summed E-state index contributed by atoms with van der Waals surface area (Å²) in [7, 11) is 1.63. The number of methoxy groups -OCH3 is 1. The number of alkyl carbamates (subject to hydrolysis) is 1. The number of halogens is 1. The zero-order valence-corrected chi connectivity index (χ0v) is 21.8. The van der Waals surface area contributed by atoms with E-state index in [9.17, 15) is 4.79 Å². The molecule has 1 aliphatic rings. The lowest BCUT2D eigenvalue weighted by atomic mass is 10.2. The second-order valence-electron chi connectivity index (χ2n) is 8.35. The lowest BCUT2D eigenvalue weighted by Gasteiger charge is -2.24. The predicted molar refractivity (Wildman–Crippen MR) is 134 cm³/mol. The van der Waals surface area contributed by atoms with Crippen molar-refractivity contribution in [3.63, 3.8) is 0 Å². The molecule has 0 radical (unpaired) electrons. The van der Waals surface area contributed by atoms with E-state index in [0.29, 0.717) is 24.6 Å². The maximum absolute atomic E-state index is 12.0. The Balaban J connectivity index is 0.00000480. The number of ether oxygens (including phenoxy) is 3. The van der Waals surface area contributed by atoms with E-state index in [-0.39, 0.29) is 42.2 Å². The number of benzene rings is 1. The van der Waals surface area contributed by atoms with Crippen LogP contribution < -0.4 is 20.1 Å². The van der Waals surface area contributed by atoms with Gasteiger partial charge in [0.25, 0.3) is 0 Å². The van der Waals surface area contributed by atoms with Gasteiger partial charge in [0, 0.05) is 19.6 Å². The fourth-order valence-corrected chi connectivity index (χ4v) is 3.16. The van der Waals surface area contributed by atoms with Crippen molar-refractivity contribution >= 4 is 36.0 Å². The first kappa shape index (κ1) is 27.1. The van der Waals surface area contributed by atoms with E-state index in [1.807, 2.05) is 58.9 Å². The molecule has 1 amide bonds. The van der Waals surface area contributed by atoms with Crippen LogP contribution in [0.15, 0.2) is 29.3 Å². The number of guanidine groups is 1. The number of rotatable bonds is 7. The summed E-state index contributed by atoms with van der Waals surface area (Å²) in [5.74, 6) is 2.23. The van der Waals surface area contributed by atoms with Crippen LogP contribution in [-0.2, 0) is 4.74 Å². The standard InChI is InChI=1S/C22H36N4O4.HI/c1-7-23-20(24-14-16(2)29-19-11-9-8-10-18(19)28-6)26-13-12-17(15-26)25-21(27)30-22(3,4)5;/h8-11,16-17H,7,12-15H2,1-6H3,(H,23,24)(H,25,27);1H. The van der Waals surface area contributed by atoms with Crippen molar-refractivity contribution in [2.45, 2.75) is 58.8 Å². The summed E-state index contributed by atoms with van der Waals surface area (Å²) in [4.78, 5) is 18.9. The first-order chi connectivity index (χ1) is 14.2. The first-order valence-corrected chi connectivity index (χ1v) is 10.5. The van der Waals surface area contributed by atoms with Crippen molar-refractivity contribution in [3.8, 4) is 11.5 Å². The van der Waals surface area contributed by atoms with Gasteiger partial charge in [0.1, 0.15) is 11.7 Å². The van der Waals surface area contributed by atoms with Crippen molar-refractivity contribution in [2.75, 3.05) is 33.3 Å². The van der Waals surface area contributed by atoms with Crippen molar-refractivity contribution in [3.05, 3.63) is 24.3 Å². The van der Waals surface area contributed by atoms with Gasteiger partial charge in [-0.3, -0.25) is 0 Å². The van der Waals surface area contributed by atoms with Crippen LogP contribution in [0.4, 0.5) is 4.79 Å². The third-order valence-electron chi connectivity index (χ3n) is 4.44. The number of carbonyl (C=O) groups is 1. The van der Waals surface area contributed by atoms with Crippen LogP contribution in [0, 0.1) is 0 Å². The molecule has 1 aliphatic heterocycles.